The van der Waals surface area contributed by atoms with Gasteiger partial charge in [-0.3, -0.25) is 4.79 Å². The average molecular weight is 214 g/mol. The average Bonchev–Trinajstić information content (AvgIpc) is 2.31. The largest absolute Gasteiger partial charge is 0.343 e. The lowest BCUT2D eigenvalue weighted by Gasteiger charge is -2.40. The molecule has 0 bridgehead atoms. The van der Waals surface area contributed by atoms with Crippen LogP contribution in [-0.4, -0.2) is 30.4 Å². The van der Waals surface area contributed by atoms with Crippen molar-refractivity contribution in [2.24, 2.45) is 11.1 Å². The normalized spacial score (nSPS) is 19.1. The monoisotopic (exact) mass is 214 g/mol. The number of hydrogen-bond donors (Lipinski definition) is 1. The van der Waals surface area contributed by atoms with Crippen LogP contribution in [0.2, 0.25) is 0 Å². The Balaban J connectivity index is 0.000000921. The molecule has 0 spiro atoms. The first-order valence-corrected chi connectivity index (χ1v) is 6.09. The fourth-order valence-corrected chi connectivity index (χ4v) is 2.00. The van der Waals surface area contributed by atoms with Crippen LogP contribution in [0.25, 0.3) is 0 Å². The number of carbonyl (C=O) groups excluding carboxylic acids is 1. The minimum atomic E-state index is 0.196. The molecule has 0 atom stereocenters. The zero-order valence-corrected chi connectivity index (χ0v) is 10.7. The van der Waals surface area contributed by atoms with Crippen molar-refractivity contribution in [1.29, 1.82) is 0 Å². The number of likely N-dealkylation sites (tertiary alicyclic amines) is 1. The summed E-state index contributed by atoms with van der Waals surface area (Å²) in [5, 5.41) is 0. The Morgan fingerprint density at radius 2 is 1.80 bits per heavy atom. The van der Waals surface area contributed by atoms with Gasteiger partial charge in [-0.1, -0.05) is 20.8 Å². The van der Waals surface area contributed by atoms with E-state index in [4.69, 9.17) is 5.73 Å². The Morgan fingerprint density at radius 3 is 2.07 bits per heavy atom. The maximum Gasteiger partial charge on any atom is 0.219 e. The molecule has 3 heteroatoms. The minimum absolute atomic E-state index is 0.196. The standard InChI is InChI=1S/C10H20N2O.C2H6/c1-3-10(8-11)4-6-12(7-5-10)9(2)13;1-2/h3-8,11H2,1-2H3;1-2H3. The number of amides is 1. The van der Waals surface area contributed by atoms with Crippen LogP contribution in [0.3, 0.4) is 0 Å². The Kier molecular flexibility index (Phi) is 6.57. The van der Waals surface area contributed by atoms with Gasteiger partial charge in [0, 0.05) is 20.0 Å². The van der Waals surface area contributed by atoms with Gasteiger partial charge in [-0.2, -0.15) is 0 Å². The van der Waals surface area contributed by atoms with E-state index >= 15 is 0 Å². The Hall–Kier alpha value is -0.570. The van der Waals surface area contributed by atoms with Gasteiger partial charge in [0.25, 0.3) is 0 Å². The molecule has 15 heavy (non-hydrogen) atoms. The predicted molar refractivity (Wildman–Crippen MR) is 64.6 cm³/mol. The SMILES string of the molecule is CC.CCC1(CN)CCN(C(C)=O)CC1. The van der Waals surface area contributed by atoms with Gasteiger partial charge in [-0.15, -0.1) is 0 Å². The van der Waals surface area contributed by atoms with Crippen LogP contribution < -0.4 is 5.73 Å². The number of piperidine rings is 1. The number of carbonyl (C=O) groups is 1. The van der Waals surface area contributed by atoms with E-state index in [1.807, 2.05) is 18.7 Å². The van der Waals surface area contributed by atoms with E-state index in [0.717, 1.165) is 38.9 Å². The van der Waals surface area contributed by atoms with Crippen molar-refractivity contribution in [2.45, 2.75) is 47.0 Å². The van der Waals surface area contributed by atoms with Crippen LogP contribution in [0.4, 0.5) is 0 Å². The molecule has 0 radical (unpaired) electrons. The Bertz CT molecular complexity index is 178. The van der Waals surface area contributed by atoms with Gasteiger partial charge in [0.2, 0.25) is 5.91 Å². The third kappa shape index (κ3) is 3.82. The highest BCUT2D eigenvalue weighted by Crippen LogP contribution is 2.33. The highest BCUT2D eigenvalue weighted by molar-refractivity contribution is 5.73. The smallest absolute Gasteiger partial charge is 0.219 e. The summed E-state index contributed by atoms with van der Waals surface area (Å²) in [6, 6.07) is 0. The van der Waals surface area contributed by atoms with Crippen molar-refractivity contribution in [3.05, 3.63) is 0 Å². The first-order valence-electron chi connectivity index (χ1n) is 6.09. The van der Waals surface area contributed by atoms with Crippen LogP contribution in [0.5, 0.6) is 0 Å². The molecule has 1 saturated heterocycles. The van der Waals surface area contributed by atoms with Crippen LogP contribution in [0, 0.1) is 5.41 Å². The van der Waals surface area contributed by atoms with Crippen molar-refractivity contribution in [2.75, 3.05) is 19.6 Å². The lowest BCUT2D eigenvalue weighted by molar-refractivity contribution is -0.131. The molecule has 3 nitrogen and oxygen atoms in total. The van der Waals surface area contributed by atoms with E-state index in [0.29, 0.717) is 5.41 Å². The fraction of sp³-hybridized carbons (Fsp3) is 0.917. The number of nitrogens with zero attached hydrogens (tertiary/aromatic N) is 1. The summed E-state index contributed by atoms with van der Waals surface area (Å²) in [7, 11) is 0. The molecular weight excluding hydrogens is 188 g/mol. The summed E-state index contributed by atoms with van der Waals surface area (Å²) in [5.74, 6) is 0.196. The summed E-state index contributed by atoms with van der Waals surface area (Å²) in [5.41, 5.74) is 6.08. The molecule has 0 aliphatic carbocycles. The van der Waals surface area contributed by atoms with Crippen molar-refractivity contribution in [3.63, 3.8) is 0 Å². The second kappa shape index (κ2) is 6.83. The molecule has 0 aromatic rings. The Morgan fingerprint density at radius 1 is 1.33 bits per heavy atom. The van der Waals surface area contributed by atoms with Gasteiger partial charge >= 0.3 is 0 Å². The number of rotatable bonds is 2. The van der Waals surface area contributed by atoms with E-state index in [2.05, 4.69) is 6.92 Å². The van der Waals surface area contributed by atoms with Crippen LogP contribution in [-0.2, 0) is 4.79 Å². The predicted octanol–water partition coefficient (Wildman–Crippen LogP) is 2.01. The van der Waals surface area contributed by atoms with Gasteiger partial charge in [0.15, 0.2) is 0 Å². The first kappa shape index (κ1) is 14.4. The van der Waals surface area contributed by atoms with E-state index < -0.39 is 0 Å². The first-order chi connectivity index (χ1) is 7.13. The van der Waals surface area contributed by atoms with E-state index in [9.17, 15) is 4.79 Å². The number of nitrogens with two attached hydrogens (primary N) is 1. The summed E-state index contributed by atoms with van der Waals surface area (Å²) in [6.45, 7) is 10.4. The third-order valence-electron chi connectivity index (χ3n) is 3.45. The molecule has 1 fully saturated rings. The van der Waals surface area contributed by atoms with E-state index in [-0.39, 0.29) is 5.91 Å². The molecule has 0 aromatic heterocycles. The van der Waals surface area contributed by atoms with Crippen molar-refractivity contribution >= 4 is 5.91 Å². The molecule has 2 N–H and O–H groups in total. The molecule has 1 aliphatic rings. The summed E-state index contributed by atoms with van der Waals surface area (Å²) < 4.78 is 0. The Labute approximate surface area is 94.0 Å². The molecule has 1 heterocycles. The van der Waals surface area contributed by atoms with Gasteiger partial charge in [-0.05, 0) is 31.2 Å². The summed E-state index contributed by atoms with van der Waals surface area (Å²) in [4.78, 5) is 13.0. The van der Waals surface area contributed by atoms with Crippen LogP contribution >= 0.6 is 0 Å². The van der Waals surface area contributed by atoms with E-state index in [1.165, 1.54) is 0 Å². The molecule has 1 aliphatic heterocycles. The quantitative estimate of drug-likeness (QED) is 0.764. The van der Waals surface area contributed by atoms with Gasteiger partial charge in [0.05, 0.1) is 0 Å². The molecule has 1 amide bonds. The molecule has 1 rings (SSSR count). The van der Waals surface area contributed by atoms with Crippen molar-refractivity contribution in [3.8, 4) is 0 Å². The molecule has 0 saturated carbocycles. The van der Waals surface area contributed by atoms with Crippen molar-refractivity contribution < 1.29 is 4.79 Å². The molecule has 0 unspecified atom stereocenters. The maximum atomic E-state index is 11.1. The van der Waals surface area contributed by atoms with Gasteiger partial charge in [0.1, 0.15) is 0 Å². The summed E-state index contributed by atoms with van der Waals surface area (Å²) >= 11 is 0. The van der Waals surface area contributed by atoms with E-state index in [1.54, 1.807) is 6.92 Å². The third-order valence-corrected chi connectivity index (χ3v) is 3.45. The molecule has 0 aromatic carbocycles. The second-order valence-corrected chi connectivity index (χ2v) is 4.06. The maximum absolute atomic E-state index is 11.1. The highest BCUT2D eigenvalue weighted by Gasteiger charge is 2.32. The van der Waals surface area contributed by atoms with Crippen LogP contribution in [0.1, 0.15) is 47.0 Å². The topological polar surface area (TPSA) is 46.3 Å². The zero-order chi connectivity index (χ0) is 11.9. The van der Waals surface area contributed by atoms with Gasteiger partial charge < -0.3 is 10.6 Å². The number of hydrogen-bond acceptors (Lipinski definition) is 2. The lowest BCUT2D eigenvalue weighted by atomic mass is 9.76. The highest BCUT2D eigenvalue weighted by atomic mass is 16.2. The van der Waals surface area contributed by atoms with Crippen LogP contribution in [0.15, 0.2) is 0 Å². The minimum Gasteiger partial charge on any atom is -0.343 e. The molecule has 90 valence electrons. The fourth-order valence-electron chi connectivity index (χ4n) is 2.00. The van der Waals surface area contributed by atoms with Gasteiger partial charge in [-0.25, -0.2) is 0 Å². The van der Waals surface area contributed by atoms with Crippen molar-refractivity contribution in [1.82, 2.24) is 4.90 Å². The zero-order valence-electron chi connectivity index (χ0n) is 10.7. The second-order valence-electron chi connectivity index (χ2n) is 4.06. The lowest BCUT2D eigenvalue weighted by Crippen LogP contribution is -2.45. The summed E-state index contributed by atoms with van der Waals surface area (Å²) in [6.07, 6.45) is 3.27. The molecular formula is C12H26N2O.